The SMILES string of the molecule is CN=C(N)N1C=CC(CNC)C2(C1)C1CCC(C)C23CC(O)C(C(=O)O)=C3C1. The molecule has 28 heavy (non-hydrogen) atoms. The number of hydrogen-bond donors (Lipinski definition) is 4. The number of aliphatic carboxylic acids is 1. The predicted octanol–water partition coefficient (Wildman–Crippen LogP) is 1.16. The molecule has 154 valence electrons. The number of guanidine groups is 1. The number of nitrogens with two attached hydrogens (primary N) is 1. The van der Waals surface area contributed by atoms with Gasteiger partial charge in [0.25, 0.3) is 0 Å². The lowest BCUT2D eigenvalue weighted by molar-refractivity contribution is -0.133. The van der Waals surface area contributed by atoms with Gasteiger partial charge in [0, 0.05) is 37.2 Å². The van der Waals surface area contributed by atoms with E-state index in [9.17, 15) is 15.0 Å². The summed E-state index contributed by atoms with van der Waals surface area (Å²) in [6, 6.07) is 0. The average Bonchev–Trinajstić information content (AvgIpc) is 3.03. The second-order valence-corrected chi connectivity index (χ2v) is 9.02. The highest BCUT2D eigenvalue weighted by atomic mass is 16.4. The molecule has 4 aliphatic rings. The quantitative estimate of drug-likeness (QED) is 0.427. The molecule has 5 N–H and O–H groups in total. The smallest absolute Gasteiger partial charge is 0.334 e. The van der Waals surface area contributed by atoms with Crippen molar-refractivity contribution in [2.75, 3.05) is 27.2 Å². The molecule has 0 amide bonds. The highest BCUT2D eigenvalue weighted by molar-refractivity contribution is 5.90. The summed E-state index contributed by atoms with van der Waals surface area (Å²) in [4.78, 5) is 18.3. The number of carboxylic acid groups (broad SMARTS) is 1. The highest BCUT2D eigenvalue weighted by Crippen LogP contribution is 2.75. The maximum absolute atomic E-state index is 12.1. The van der Waals surface area contributed by atoms with Crippen molar-refractivity contribution in [1.82, 2.24) is 10.2 Å². The molecular formula is C21H32N4O3. The third kappa shape index (κ3) is 2.23. The molecule has 0 aromatic rings. The van der Waals surface area contributed by atoms with Gasteiger partial charge in [0.2, 0.25) is 0 Å². The van der Waals surface area contributed by atoms with Crippen molar-refractivity contribution in [2.24, 2.45) is 39.3 Å². The molecule has 0 saturated heterocycles. The van der Waals surface area contributed by atoms with E-state index in [0.29, 0.717) is 24.2 Å². The zero-order valence-electron chi connectivity index (χ0n) is 17.0. The van der Waals surface area contributed by atoms with E-state index in [1.54, 1.807) is 7.05 Å². The summed E-state index contributed by atoms with van der Waals surface area (Å²) >= 11 is 0. The van der Waals surface area contributed by atoms with Crippen LogP contribution in [0.4, 0.5) is 0 Å². The number of aliphatic hydroxyl groups excluding tert-OH is 1. The normalized spacial score (nSPS) is 42.4. The van der Waals surface area contributed by atoms with Gasteiger partial charge in [-0.1, -0.05) is 13.0 Å². The van der Waals surface area contributed by atoms with Crippen molar-refractivity contribution >= 4 is 11.9 Å². The Labute approximate surface area is 166 Å². The largest absolute Gasteiger partial charge is 0.478 e. The monoisotopic (exact) mass is 388 g/mol. The van der Waals surface area contributed by atoms with Crippen LogP contribution >= 0.6 is 0 Å². The van der Waals surface area contributed by atoms with E-state index in [1.165, 1.54) is 0 Å². The van der Waals surface area contributed by atoms with E-state index >= 15 is 0 Å². The molecule has 2 bridgehead atoms. The summed E-state index contributed by atoms with van der Waals surface area (Å²) in [7, 11) is 3.66. The van der Waals surface area contributed by atoms with Crippen molar-refractivity contribution in [3.8, 4) is 0 Å². The summed E-state index contributed by atoms with van der Waals surface area (Å²) < 4.78 is 0. The zero-order chi connectivity index (χ0) is 20.3. The van der Waals surface area contributed by atoms with Crippen LogP contribution in [0.25, 0.3) is 0 Å². The maximum Gasteiger partial charge on any atom is 0.334 e. The number of aliphatic imine (C=N–C) groups is 1. The topological polar surface area (TPSA) is 111 Å². The molecule has 1 heterocycles. The van der Waals surface area contributed by atoms with Crippen LogP contribution in [0.2, 0.25) is 0 Å². The fourth-order valence-electron chi connectivity index (χ4n) is 7.30. The number of rotatable bonds is 3. The molecule has 7 heteroatoms. The van der Waals surface area contributed by atoms with Crippen LogP contribution in [-0.4, -0.2) is 60.3 Å². The Balaban J connectivity index is 1.94. The van der Waals surface area contributed by atoms with Gasteiger partial charge in [-0.3, -0.25) is 4.99 Å². The first-order chi connectivity index (χ1) is 13.3. The molecule has 1 aliphatic heterocycles. The summed E-state index contributed by atoms with van der Waals surface area (Å²) in [5.41, 5.74) is 7.00. The number of nitrogens with one attached hydrogen (secondary N) is 1. The first-order valence-electron chi connectivity index (χ1n) is 10.3. The van der Waals surface area contributed by atoms with Gasteiger partial charge in [-0.05, 0) is 56.1 Å². The second-order valence-electron chi connectivity index (χ2n) is 9.02. The van der Waals surface area contributed by atoms with Crippen LogP contribution in [0.15, 0.2) is 28.4 Å². The van der Waals surface area contributed by atoms with Crippen LogP contribution in [-0.2, 0) is 4.79 Å². The Morgan fingerprint density at radius 3 is 2.86 bits per heavy atom. The molecule has 7 nitrogen and oxygen atoms in total. The number of aliphatic hydroxyl groups is 1. The van der Waals surface area contributed by atoms with Crippen LogP contribution in [0.5, 0.6) is 0 Å². The lowest BCUT2D eigenvalue weighted by Crippen LogP contribution is -2.62. The minimum Gasteiger partial charge on any atom is -0.478 e. The van der Waals surface area contributed by atoms with Crippen molar-refractivity contribution < 1.29 is 15.0 Å². The van der Waals surface area contributed by atoms with E-state index in [1.807, 2.05) is 18.1 Å². The Morgan fingerprint density at radius 2 is 2.21 bits per heavy atom. The van der Waals surface area contributed by atoms with Crippen LogP contribution in [0.1, 0.15) is 32.6 Å². The number of hydrogen-bond acceptors (Lipinski definition) is 4. The molecule has 6 atom stereocenters. The number of carbonyl (C=O) groups is 1. The minimum atomic E-state index is -0.961. The lowest BCUT2D eigenvalue weighted by Gasteiger charge is -2.60. The highest BCUT2D eigenvalue weighted by Gasteiger charge is 2.72. The van der Waals surface area contributed by atoms with E-state index in [0.717, 1.165) is 37.9 Å². The van der Waals surface area contributed by atoms with Crippen LogP contribution in [0, 0.1) is 28.6 Å². The molecule has 2 fully saturated rings. The van der Waals surface area contributed by atoms with Crippen molar-refractivity contribution in [3.05, 3.63) is 23.4 Å². The zero-order valence-corrected chi connectivity index (χ0v) is 17.0. The van der Waals surface area contributed by atoms with Gasteiger partial charge in [0.15, 0.2) is 5.96 Å². The Morgan fingerprint density at radius 1 is 1.46 bits per heavy atom. The van der Waals surface area contributed by atoms with Gasteiger partial charge in [0.1, 0.15) is 0 Å². The van der Waals surface area contributed by atoms with E-state index in [2.05, 4.69) is 23.3 Å². The van der Waals surface area contributed by atoms with Crippen LogP contribution in [0.3, 0.4) is 0 Å². The van der Waals surface area contributed by atoms with Gasteiger partial charge >= 0.3 is 5.97 Å². The number of allylic oxidation sites excluding steroid dienone is 1. The third-order valence-electron chi connectivity index (χ3n) is 8.28. The standard InChI is InChI=1S/C21H32N4O3/c1-12-4-5-13-8-15-17(18(27)28)16(26)9-20(12,15)21(13)11-25(19(22)24-3)7-6-14(21)10-23-2/h6-7,12-14,16,23,26H,4-5,8-11H2,1-3H3,(H2,22,24)(H,27,28). The Hall–Kier alpha value is -1.86. The molecule has 3 aliphatic carbocycles. The van der Waals surface area contributed by atoms with Gasteiger partial charge < -0.3 is 26.2 Å². The molecule has 2 saturated carbocycles. The Bertz CT molecular complexity index is 776. The van der Waals surface area contributed by atoms with E-state index < -0.39 is 12.1 Å². The van der Waals surface area contributed by atoms with Gasteiger partial charge in [-0.25, -0.2) is 4.79 Å². The van der Waals surface area contributed by atoms with Crippen molar-refractivity contribution in [1.29, 1.82) is 0 Å². The summed E-state index contributed by atoms with van der Waals surface area (Å²) in [6.07, 6.45) is 6.79. The van der Waals surface area contributed by atoms with Crippen molar-refractivity contribution in [2.45, 2.75) is 38.7 Å². The summed E-state index contributed by atoms with van der Waals surface area (Å²) in [5, 5.41) is 24.0. The number of carboxylic acids is 1. The molecular weight excluding hydrogens is 356 g/mol. The molecule has 4 rings (SSSR count). The van der Waals surface area contributed by atoms with Crippen LogP contribution < -0.4 is 11.1 Å². The third-order valence-corrected chi connectivity index (χ3v) is 8.28. The first kappa shape index (κ1) is 19.5. The average molecular weight is 389 g/mol. The van der Waals surface area contributed by atoms with E-state index in [4.69, 9.17) is 5.73 Å². The molecule has 6 unspecified atom stereocenters. The Kier molecular flexibility index (Phi) is 4.58. The van der Waals surface area contributed by atoms with Crippen molar-refractivity contribution in [3.63, 3.8) is 0 Å². The molecule has 0 radical (unpaired) electrons. The van der Waals surface area contributed by atoms with Gasteiger partial charge in [-0.2, -0.15) is 0 Å². The number of nitrogens with zero attached hydrogens (tertiary/aromatic N) is 2. The maximum atomic E-state index is 12.1. The second kappa shape index (κ2) is 6.59. The minimum absolute atomic E-state index is 0.161. The fourth-order valence-corrected chi connectivity index (χ4v) is 7.30. The molecule has 0 aromatic carbocycles. The first-order valence-corrected chi connectivity index (χ1v) is 10.3. The molecule has 2 spiro atoms. The lowest BCUT2D eigenvalue weighted by atomic mass is 9.46. The van der Waals surface area contributed by atoms with Gasteiger partial charge in [-0.15, -0.1) is 0 Å². The molecule has 0 aromatic heterocycles. The predicted molar refractivity (Wildman–Crippen MR) is 107 cm³/mol. The summed E-state index contributed by atoms with van der Waals surface area (Å²) in [5.74, 6) is 0.479. The summed E-state index contributed by atoms with van der Waals surface area (Å²) in [6.45, 7) is 3.79. The van der Waals surface area contributed by atoms with E-state index in [-0.39, 0.29) is 22.3 Å². The fraction of sp³-hybridized carbons (Fsp3) is 0.714. The van der Waals surface area contributed by atoms with Gasteiger partial charge in [0.05, 0.1) is 11.7 Å².